The van der Waals surface area contributed by atoms with Gasteiger partial charge in [0.1, 0.15) is 17.5 Å². The van der Waals surface area contributed by atoms with E-state index in [0.29, 0.717) is 12.0 Å². The molecule has 0 saturated carbocycles. The molecule has 0 amide bonds. The average molecular weight is 292 g/mol. The first-order chi connectivity index (χ1) is 10.2. The maximum Gasteiger partial charge on any atom is 0.133 e. The highest BCUT2D eigenvalue weighted by molar-refractivity contribution is 5.48. The molecule has 1 saturated heterocycles. The van der Waals surface area contributed by atoms with E-state index in [0.717, 1.165) is 62.9 Å². The van der Waals surface area contributed by atoms with Gasteiger partial charge in [0.25, 0.3) is 0 Å². The molecule has 1 aliphatic heterocycles. The fourth-order valence-electron chi connectivity index (χ4n) is 2.75. The van der Waals surface area contributed by atoms with Crippen molar-refractivity contribution in [3.8, 4) is 0 Å². The number of hydrogen-bond donors (Lipinski definition) is 2. The zero-order valence-corrected chi connectivity index (χ0v) is 13.5. The Morgan fingerprint density at radius 1 is 1.24 bits per heavy atom. The summed E-state index contributed by atoms with van der Waals surface area (Å²) in [6.07, 6.45) is 4.23. The summed E-state index contributed by atoms with van der Waals surface area (Å²) in [5.74, 6) is 3.42. The minimum absolute atomic E-state index is 0.410. The third-order valence-electron chi connectivity index (χ3n) is 3.95. The van der Waals surface area contributed by atoms with E-state index < -0.39 is 0 Å². The van der Waals surface area contributed by atoms with Crippen LogP contribution in [0.25, 0.3) is 0 Å². The third-order valence-corrected chi connectivity index (χ3v) is 3.95. The van der Waals surface area contributed by atoms with Crippen molar-refractivity contribution in [3.05, 3.63) is 11.9 Å². The molecule has 0 spiro atoms. The summed E-state index contributed by atoms with van der Waals surface area (Å²) < 4.78 is 5.44. The van der Waals surface area contributed by atoms with Gasteiger partial charge in [-0.2, -0.15) is 0 Å². The maximum absolute atomic E-state index is 5.44. The molecule has 1 aromatic rings. The topological polar surface area (TPSA) is 59.1 Å². The second kappa shape index (κ2) is 8.17. The molecule has 118 valence electrons. The summed E-state index contributed by atoms with van der Waals surface area (Å²) in [5.41, 5.74) is 0. The number of nitrogens with zero attached hydrogens (tertiary/aromatic N) is 2. The van der Waals surface area contributed by atoms with Gasteiger partial charge in [0.2, 0.25) is 0 Å². The van der Waals surface area contributed by atoms with Crippen molar-refractivity contribution >= 4 is 11.6 Å². The lowest BCUT2D eigenvalue weighted by molar-refractivity contribution is 0.0622. The third kappa shape index (κ3) is 4.84. The first-order valence-electron chi connectivity index (χ1n) is 8.19. The summed E-state index contributed by atoms with van der Waals surface area (Å²) in [4.78, 5) is 9.20. The van der Waals surface area contributed by atoms with E-state index in [-0.39, 0.29) is 0 Å². The molecule has 1 aliphatic rings. The first kappa shape index (κ1) is 16.0. The lowest BCUT2D eigenvalue weighted by Gasteiger charge is -2.28. The van der Waals surface area contributed by atoms with Crippen LogP contribution in [0.5, 0.6) is 0 Å². The molecule has 0 radical (unpaired) electrons. The molecule has 1 unspecified atom stereocenters. The largest absolute Gasteiger partial charge is 0.381 e. The predicted molar refractivity (Wildman–Crippen MR) is 86.8 cm³/mol. The van der Waals surface area contributed by atoms with Crippen LogP contribution < -0.4 is 10.6 Å². The number of aromatic nitrogens is 2. The standard InChI is InChI=1S/C16H28N4O/c1-4-6-14-19-15(17-5-2)11-16(20-14)18-12(3)13-7-9-21-10-8-13/h11-13H,4-10H2,1-3H3,(H2,17,18,19,20). The molecule has 1 aromatic heterocycles. The average Bonchev–Trinajstić information content (AvgIpc) is 2.48. The van der Waals surface area contributed by atoms with Crippen LogP contribution in [0.4, 0.5) is 11.6 Å². The lowest BCUT2D eigenvalue weighted by Crippen LogP contribution is -2.31. The van der Waals surface area contributed by atoms with Gasteiger partial charge in [0.15, 0.2) is 0 Å². The highest BCUT2D eigenvalue weighted by atomic mass is 16.5. The van der Waals surface area contributed by atoms with Crippen LogP contribution in [-0.4, -0.2) is 35.8 Å². The Bertz CT molecular complexity index is 408. The predicted octanol–water partition coefficient (Wildman–Crippen LogP) is 3.09. The van der Waals surface area contributed by atoms with Crippen LogP contribution in [-0.2, 0) is 11.2 Å². The molecule has 2 rings (SSSR count). The van der Waals surface area contributed by atoms with Crippen LogP contribution >= 0.6 is 0 Å². The van der Waals surface area contributed by atoms with Crippen molar-refractivity contribution in [2.45, 2.75) is 52.5 Å². The van der Waals surface area contributed by atoms with E-state index in [4.69, 9.17) is 4.74 Å². The van der Waals surface area contributed by atoms with E-state index >= 15 is 0 Å². The molecule has 0 aromatic carbocycles. The fourth-order valence-corrected chi connectivity index (χ4v) is 2.75. The Morgan fingerprint density at radius 3 is 2.62 bits per heavy atom. The van der Waals surface area contributed by atoms with Gasteiger partial charge >= 0.3 is 0 Å². The smallest absolute Gasteiger partial charge is 0.133 e. The van der Waals surface area contributed by atoms with Gasteiger partial charge in [-0.25, -0.2) is 9.97 Å². The molecular formula is C16H28N4O. The highest BCUT2D eigenvalue weighted by Gasteiger charge is 2.20. The number of anilines is 2. The number of nitrogens with one attached hydrogen (secondary N) is 2. The first-order valence-corrected chi connectivity index (χ1v) is 8.19. The fraction of sp³-hybridized carbons (Fsp3) is 0.750. The Balaban J connectivity index is 2.05. The van der Waals surface area contributed by atoms with Crippen LogP contribution in [0.1, 0.15) is 45.9 Å². The number of rotatable bonds is 7. The Labute approximate surface area is 127 Å². The number of aryl methyl sites for hydroxylation is 1. The van der Waals surface area contributed by atoms with Gasteiger partial charge in [-0.3, -0.25) is 0 Å². The van der Waals surface area contributed by atoms with Crippen LogP contribution in [0, 0.1) is 5.92 Å². The van der Waals surface area contributed by atoms with E-state index in [1.165, 1.54) is 0 Å². The molecule has 0 bridgehead atoms. The van der Waals surface area contributed by atoms with Crippen LogP contribution in [0.2, 0.25) is 0 Å². The summed E-state index contributed by atoms with van der Waals surface area (Å²) >= 11 is 0. The van der Waals surface area contributed by atoms with Crippen molar-refractivity contribution in [1.29, 1.82) is 0 Å². The van der Waals surface area contributed by atoms with Crippen LogP contribution in [0.15, 0.2) is 6.07 Å². The van der Waals surface area contributed by atoms with Crippen molar-refractivity contribution in [3.63, 3.8) is 0 Å². The second-order valence-corrected chi connectivity index (χ2v) is 5.72. The molecule has 5 heteroatoms. The highest BCUT2D eigenvalue weighted by Crippen LogP contribution is 2.22. The van der Waals surface area contributed by atoms with E-state index in [1.54, 1.807) is 0 Å². The number of ether oxygens (including phenoxy) is 1. The van der Waals surface area contributed by atoms with Gasteiger partial charge < -0.3 is 15.4 Å². The van der Waals surface area contributed by atoms with Crippen molar-refractivity contribution in [1.82, 2.24) is 9.97 Å². The zero-order chi connectivity index (χ0) is 15.1. The number of hydrogen-bond acceptors (Lipinski definition) is 5. The normalized spacial score (nSPS) is 17.5. The SMILES string of the molecule is CCCc1nc(NCC)cc(NC(C)C2CCOCC2)n1. The van der Waals surface area contributed by atoms with Gasteiger partial charge in [0.05, 0.1) is 0 Å². The molecule has 1 atom stereocenters. The molecule has 2 N–H and O–H groups in total. The van der Waals surface area contributed by atoms with Gasteiger partial charge in [-0.05, 0) is 39.0 Å². The van der Waals surface area contributed by atoms with Crippen molar-refractivity contribution in [2.75, 3.05) is 30.4 Å². The van der Waals surface area contributed by atoms with E-state index in [2.05, 4.69) is 41.4 Å². The minimum Gasteiger partial charge on any atom is -0.381 e. The summed E-state index contributed by atoms with van der Waals surface area (Å²) in [6.45, 7) is 9.11. The van der Waals surface area contributed by atoms with Gasteiger partial charge in [-0.15, -0.1) is 0 Å². The Kier molecular flexibility index (Phi) is 6.23. The minimum atomic E-state index is 0.410. The van der Waals surface area contributed by atoms with Crippen LogP contribution in [0.3, 0.4) is 0 Å². The van der Waals surface area contributed by atoms with E-state index in [9.17, 15) is 0 Å². The molecule has 2 heterocycles. The molecule has 21 heavy (non-hydrogen) atoms. The quantitative estimate of drug-likeness (QED) is 0.808. The van der Waals surface area contributed by atoms with Crippen molar-refractivity contribution in [2.24, 2.45) is 5.92 Å². The van der Waals surface area contributed by atoms with Crippen molar-refractivity contribution < 1.29 is 4.74 Å². The lowest BCUT2D eigenvalue weighted by atomic mass is 9.93. The Hall–Kier alpha value is -1.36. The molecule has 0 aliphatic carbocycles. The molecule has 5 nitrogen and oxygen atoms in total. The van der Waals surface area contributed by atoms with Gasteiger partial charge in [0, 0.05) is 38.3 Å². The zero-order valence-electron chi connectivity index (χ0n) is 13.5. The Morgan fingerprint density at radius 2 is 1.95 bits per heavy atom. The second-order valence-electron chi connectivity index (χ2n) is 5.72. The van der Waals surface area contributed by atoms with Gasteiger partial charge in [-0.1, -0.05) is 6.92 Å². The molecular weight excluding hydrogens is 264 g/mol. The monoisotopic (exact) mass is 292 g/mol. The summed E-state index contributed by atoms with van der Waals surface area (Å²) in [6, 6.07) is 2.42. The maximum atomic E-state index is 5.44. The molecule has 1 fully saturated rings. The van der Waals surface area contributed by atoms with E-state index in [1.807, 2.05) is 6.07 Å². The summed E-state index contributed by atoms with van der Waals surface area (Å²) in [7, 11) is 0. The summed E-state index contributed by atoms with van der Waals surface area (Å²) in [5, 5.41) is 6.85.